The molecule has 1 aliphatic heterocycles. The largest absolute Gasteiger partial charge is 0.350 e. The summed E-state index contributed by atoms with van der Waals surface area (Å²) in [5.41, 5.74) is -0.212. The van der Waals surface area contributed by atoms with E-state index in [2.05, 4.69) is 5.32 Å². The van der Waals surface area contributed by atoms with E-state index in [1.165, 1.54) is 0 Å². The first kappa shape index (κ1) is 5.86. The van der Waals surface area contributed by atoms with Gasteiger partial charge in [0, 0.05) is 24.8 Å². The highest BCUT2D eigenvalue weighted by atomic mass is 16.2. The van der Waals surface area contributed by atoms with Crippen LogP contribution in [0.25, 0.3) is 0 Å². The lowest BCUT2D eigenvalue weighted by atomic mass is 10.2. The molecule has 100 valence electrons. The van der Waals surface area contributed by atoms with Crippen molar-refractivity contribution in [2.45, 2.75) is 32.3 Å². The molecule has 5 nitrogen and oxygen atoms in total. The lowest BCUT2D eigenvalue weighted by Gasteiger charge is -2.21. The molecule has 19 heavy (non-hydrogen) atoms. The fourth-order valence-corrected chi connectivity index (χ4v) is 1.48. The van der Waals surface area contributed by atoms with Crippen LogP contribution in [0.3, 0.4) is 0 Å². The van der Waals surface area contributed by atoms with Crippen LogP contribution in [-0.4, -0.2) is 28.7 Å². The summed E-state index contributed by atoms with van der Waals surface area (Å²) in [5, 5.41) is 2.23. The van der Waals surface area contributed by atoms with Crippen LogP contribution in [-0.2, 0) is 20.9 Å². The van der Waals surface area contributed by atoms with E-state index in [-0.39, 0.29) is 10.5 Å². The van der Waals surface area contributed by atoms with Gasteiger partial charge in [-0.05, 0) is 12.5 Å². The van der Waals surface area contributed by atoms with E-state index < -0.39 is 73.3 Å². The molecule has 0 bridgehead atoms. The van der Waals surface area contributed by atoms with Crippen LogP contribution in [0.5, 0.6) is 0 Å². The summed E-state index contributed by atoms with van der Waals surface area (Å²) in [4.78, 5) is 36.7. The number of carbonyl (C=O) groups is 3. The Labute approximate surface area is 124 Å². The second-order valence-corrected chi connectivity index (χ2v) is 3.73. The Morgan fingerprint density at radius 1 is 1.37 bits per heavy atom. The van der Waals surface area contributed by atoms with Gasteiger partial charge in [-0.3, -0.25) is 19.3 Å². The average molecular weight is 269 g/mol. The van der Waals surface area contributed by atoms with Crippen LogP contribution < -0.4 is 5.32 Å². The van der Waals surface area contributed by atoms with Crippen molar-refractivity contribution in [2.75, 3.05) is 0 Å². The second-order valence-electron chi connectivity index (χ2n) is 3.73. The molecule has 0 aromatic heterocycles. The quantitative estimate of drug-likeness (QED) is 0.824. The molecule has 1 aromatic carbocycles. The van der Waals surface area contributed by atoms with Gasteiger partial charge in [0.15, 0.2) is 0 Å². The predicted octanol–water partition coefficient (Wildman–Crippen LogP) is 0.840. The number of amides is 3. The van der Waals surface area contributed by atoms with Crippen molar-refractivity contribution in [3.63, 3.8) is 0 Å². The number of rotatable bonds is 4. The molecule has 1 fully saturated rings. The summed E-state index contributed by atoms with van der Waals surface area (Å²) in [5.74, 6) is -3.97. The molecule has 1 aliphatic rings. The van der Waals surface area contributed by atoms with Gasteiger partial charge in [0.1, 0.15) is 6.04 Å². The highest BCUT2D eigenvalue weighted by molar-refractivity contribution is 6.05. The zero-order valence-electron chi connectivity index (χ0n) is 19.0. The molecule has 0 spiro atoms. The molecule has 1 N–H and O–H groups in total. The molecule has 3 amide bonds. The maximum absolute atomic E-state index is 12.3. The van der Waals surface area contributed by atoms with Crippen molar-refractivity contribution in [3.05, 3.63) is 35.8 Å². The Morgan fingerprint density at radius 2 is 1.95 bits per heavy atom. The van der Waals surface area contributed by atoms with Crippen molar-refractivity contribution in [3.8, 4) is 0 Å². The molecular formula is C14H16N2O3. The average Bonchev–Trinajstić information content (AvgIpc) is 2.74. The zero-order chi connectivity index (χ0) is 21.8. The summed E-state index contributed by atoms with van der Waals surface area (Å²) in [6.45, 7) is 0.583. The maximum Gasteiger partial charge on any atom is 0.243 e. The third-order valence-corrected chi connectivity index (χ3v) is 2.47. The summed E-state index contributed by atoms with van der Waals surface area (Å²) >= 11 is 0. The monoisotopic (exact) mass is 269 g/mol. The first-order chi connectivity index (χ1) is 12.7. The summed E-state index contributed by atoms with van der Waals surface area (Å²) < 4.78 is 68.2. The Morgan fingerprint density at radius 3 is 2.53 bits per heavy atom. The van der Waals surface area contributed by atoms with Gasteiger partial charge >= 0.3 is 0 Å². The van der Waals surface area contributed by atoms with Crippen LogP contribution in [0, 0.1) is 0 Å². The van der Waals surface area contributed by atoms with Gasteiger partial charge in [-0.2, -0.15) is 0 Å². The minimum absolute atomic E-state index is 0.192. The zero-order valence-corrected chi connectivity index (χ0v) is 9.96. The van der Waals surface area contributed by atoms with Crippen molar-refractivity contribution in [2.24, 2.45) is 0 Å². The van der Waals surface area contributed by atoms with Gasteiger partial charge in [-0.1, -0.05) is 30.2 Å². The maximum atomic E-state index is 12.3. The second kappa shape index (κ2) is 5.65. The Kier molecular flexibility index (Phi) is 1.74. The van der Waals surface area contributed by atoms with Gasteiger partial charge < -0.3 is 5.32 Å². The molecular weight excluding hydrogens is 244 g/mol. The van der Waals surface area contributed by atoms with E-state index in [0.29, 0.717) is 0 Å². The highest BCUT2D eigenvalue weighted by Crippen LogP contribution is 2.15. The van der Waals surface area contributed by atoms with Crippen LogP contribution >= 0.6 is 0 Å². The lowest BCUT2D eigenvalue weighted by molar-refractivity contribution is -0.146. The Bertz CT molecular complexity index is 832. The van der Waals surface area contributed by atoms with Crippen LogP contribution in [0.2, 0.25) is 0 Å². The normalized spacial score (nSPS) is 28.7. The third kappa shape index (κ3) is 2.99. The summed E-state index contributed by atoms with van der Waals surface area (Å²) in [6.07, 6.45) is -6.27. The topological polar surface area (TPSA) is 66.5 Å². The number of nitrogens with zero attached hydrogens (tertiary/aromatic N) is 1. The minimum atomic E-state index is -3.13. The van der Waals surface area contributed by atoms with Gasteiger partial charge in [0.2, 0.25) is 17.7 Å². The number of hydrogen-bond donors (Lipinski definition) is 1. The molecule has 1 atom stereocenters. The van der Waals surface area contributed by atoms with Gasteiger partial charge in [-0.25, -0.2) is 0 Å². The number of carbonyl (C=O) groups excluding carboxylic acids is 3. The van der Waals surface area contributed by atoms with E-state index in [9.17, 15) is 14.4 Å². The van der Waals surface area contributed by atoms with E-state index in [0.717, 1.165) is 6.92 Å². The number of hydrogen-bond acceptors (Lipinski definition) is 3. The van der Waals surface area contributed by atoms with Crippen molar-refractivity contribution in [1.29, 1.82) is 0 Å². The van der Waals surface area contributed by atoms with E-state index in [1.54, 1.807) is 0 Å². The van der Waals surface area contributed by atoms with Gasteiger partial charge in [0.25, 0.3) is 0 Å². The fourth-order valence-electron chi connectivity index (χ4n) is 1.48. The Hall–Kier alpha value is -2.17. The Balaban J connectivity index is 2.24. The lowest BCUT2D eigenvalue weighted by Crippen LogP contribution is -2.47. The van der Waals surface area contributed by atoms with Crippen LogP contribution in [0.1, 0.15) is 37.6 Å². The standard InChI is InChI=1S/C14H16N2O3/c1-10(16-12(17)7-8-13(16)18)14(19)15-9-11-5-3-2-4-6-11/h2-6,10H,7-9H2,1H3,(H,15,19)/t10-/m0/s1/i2D,3D,4D,5D,6D,7D2,8D2. The highest BCUT2D eigenvalue weighted by Gasteiger charge is 2.35. The van der Waals surface area contributed by atoms with Gasteiger partial charge in [-0.15, -0.1) is 0 Å². The van der Waals surface area contributed by atoms with Crippen LogP contribution in [0.15, 0.2) is 30.2 Å². The molecule has 5 heteroatoms. The van der Waals surface area contributed by atoms with Crippen LogP contribution in [0.4, 0.5) is 0 Å². The molecule has 0 radical (unpaired) electrons. The first-order valence-corrected chi connectivity index (χ1v) is 5.39. The van der Waals surface area contributed by atoms with E-state index in [1.807, 2.05) is 0 Å². The van der Waals surface area contributed by atoms with Crippen molar-refractivity contribution >= 4 is 17.7 Å². The molecule has 0 unspecified atom stereocenters. The first-order valence-electron chi connectivity index (χ1n) is 9.89. The smallest absolute Gasteiger partial charge is 0.243 e. The SMILES string of the molecule is [2H]c1c([2H])c([2H])c(CNC(=O)[C@H](C)N2C(=O)C([2H])([2H])C([2H])([2H])C2=O)c([2H])c1[2H]. The summed E-state index contributed by atoms with van der Waals surface area (Å²) in [7, 11) is 0. The molecule has 2 rings (SSSR count). The molecule has 0 saturated carbocycles. The number of likely N-dealkylation sites (tertiary alicyclic amines) is 1. The molecule has 1 aromatic rings. The van der Waals surface area contributed by atoms with Crippen molar-refractivity contribution in [1.82, 2.24) is 10.2 Å². The number of imide groups is 1. The van der Waals surface area contributed by atoms with E-state index in [4.69, 9.17) is 12.3 Å². The number of benzene rings is 1. The molecule has 1 saturated heterocycles. The third-order valence-electron chi connectivity index (χ3n) is 2.47. The molecule has 0 aliphatic carbocycles. The van der Waals surface area contributed by atoms with Gasteiger partial charge in [0.05, 0.1) is 6.85 Å². The van der Waals surface area contributed by atoms with Crippen molar-refractivity contribution < 1.29 is 26.7 Å². The fraction of sp³-hybridized carbons (Fsp3) is 0.357. The molecule has 1 heterocycles. The number of nitrogens with one attached hydrogen (secondary N) is 1. The summed E-state index contributed by atoms with van der Waals surface area (Å²) in [6, 6.07) is -4.41. The van der Waals surface area contributed by atoms with E-state index >= 15 is 0 Å². The predicted molar refractivity (Wildman–Crippen MR) is 68.8 cm³/mol. The minimum Gasteiger partial charge on any atom is -0.350 e.